The normalized spacial score (nSPS) is 15.5. The number of nitrogens with one attached hydrogen (secondary N) is 3. The fourth-order valence-corrected chi connectivity index (χ4v) is 3.37. The molecule has 128 valence electrons. The average molecular weight is 338 g/mol. The fraction of sp³-hybridized carbons (Fsp3) is 0.562. The molecule has 1 aliphatic carbocycles. The SMILES string of the molecule is CCCCNC(=NC)NCc1ccc(S(=O)(=O)NC2CC2)cc1. The van der Waals surface area contributed by atoms with Crippen LogP contribution in [-0.2, 0) is 16.6 Å². The zero-order valence-corrected chi connectivity index (χ0v) is 14.6. The van der Waals surface area contributed by atoms with Crippen molar-refractivity contribution in [3.63, 3.8) is 0 Å². The zero-order chi connectivity index (χ0) is 16.7. The van der Waals surface area contributed by atoms with Crippen LogP contribution in [0.1, 0.15) is 38.2 Å². The Hall–Kier alpha value is -1.60. The summed E-state index contributed by atoms with van der Waals surface area (Å²) in [7, 11) is -1.63. The smallest absolute Gasteiger partial charge is 0.240 e. The summed E-state index contributed by atoms with van der Waals surface area (Å²) in [4.78, 5) is 4.48. The van der Waals surface area contributed by atoms with E-state index in [0.717, 1.165) is 43.8 Å². The molecular weight excluding hydrogens is 312 g/mol. The molecule has 0 heterocycles. The standard InChI is InChI=1S/C16H26N4O2S/c1-3-4-11-18-16(17-2)19-12-13-5-9-15(10-6-13)23(21,22)20-14-7-8-14/h5-6,9-10,14,20H,3-4,7-8,11-12H2,1-2H3,(H2,17,18,19). The molecule has 6 nitrogen and oxygen atoms in total. The van der Waals surface area contributed by atoms with Crippen LogP contribution in [0.2, 0.25) is 0 Å². The number of hydrogen-bond acceptors (Lipinski definition) is 3. The second kappa shape index (κ2) is 8.31. The summed E-state index contributed by atoms with van der Waals surface area (Å²) >= 11 is 0. The highest BCUT2D eigenvalue weighted by molar-refractivity contribution is 7.89. The van der Waals surface area contributed by atoms with Gasteiger partial charge in [0.2, 0.25) is 10.0 Å². The van der Waals surface area contributed by atoms with Gasteiger partial charge in [-0.05, 0) is 37.0 Å². The van der Waals surface area contributed by atoms with Crippen LogP contribution in [0, 0.1) is 0 Å². The lowest BCUT2D eigenvalue weighted by molar-refractivity contribution is 0.581. The molecule has 0 aliphatic heterocycles. The van der Waals surface area contributed by atoms with Gasteiger partial charge in [-0.1, -0.05) is 25.5 Å². The molecule has 1 saturated carbocycles. The minimum Gasteiger partial charge on any atom is -0.356 e. The van der Waals surface area contributed by atoms with Gasteiger partial charge in [-0.2, -0.15) is 0 Å². The van der Waals surface area contributed by atoms with Crippen LogP contribution in [0.4, 0.5) is 0 Å². The van der Waals surface area contributed by atoms with Gasteiger partial charge in [0.15, 0.2) is 5.96 Å². The summed E-state index contributed by atoms with van der Waals surface area (Å²) in [6.45, 7) is 3.63. The molecular formula is C16H26N4O2S. The first-order valence-corrected chi connectivity index (χ1v) is 9.59. The van der Waals surface area contributed by atoms with E-state index in [2.05, 4.69) is 27.3 Å². The second-order valence-electron chi connectivity index (χ2n) is 5.75. The van der Waals surface area contributed by atoms with E-state index < -0.39 is 10.0 Å². The van der Waals surface area contributed by atoms with Gasteiger partial charge in [0.05, 0.1) is 4.90 Å². The summed E-state index contributed by atoms with van der Waals surface area (Å²) < 4.78 is 26.9. The van der Waals surface area contributed by atoms with Crippen molar-refractivity contribution in [1.29, 1.82) is 0 Å². The molecule has 0 spiro atoms. The Morgan fingerprint density at radius 2 is 1.91 bits per heavy atom. The number of sulfonamides is 1. The topological polar surface area (TPSA) is 82.6 Å². The van der Waals surface area contributed by atoms with Crippen molar-refractivity contribution in [3.8, 4) is 0 Å². The molecule has 7 heteroatoms. The summed E-state index contributed by atoms with van der Waals surface area (Å²) in [6.07, 6.45) is 4.10. The summed E-state index contributed by atoms with van der Waals surface area (Å²) in [5.74, 6) is 0.755. The van der Waals surface area contributed by atoms with Gasteiger partial charge in [-0.3, -0.25) is 4.99 Å². The maximum absolute atomic E-state index is 12.1. The molecule has 0 radical (unpaired) electrons. The number of aliphatic imine (C=N–C) groups is 1. The lowest BCUT2D eigenvalue weighted by atomic mass is 10.2. The van der Waals surface area contributed by atoms with Crippen LogP contribution in [-0.4, -0.2) is 34.0 Å². The van der Waals surface area contributed by atoms with Crippen molar-refractivity contribution in [2.45, 2.75) is 50.1 Å². The van der Waals surface area contributed by atoms with Crippen LogP contribution in [0.15, 0.2) is 34.2 Å². The van der Waals surface area contributed by atoms with Crippen LogP contribution >= 0.6 is 0 Å². The quantitative estimate of drug-likeness (QED) is 0.382. The molecule has 1 fully saturated rings. The van der Waals surface area contributed by atoms with E-state index in [1.54, 1.807) is 19.2 Å². The van der Waals surface area contributed by atoms with E-state index in [4.69, 9.17) is 0 Å². The number of guanidine groups is 1. The van der Waals surface area contributed by atoms with Gasteiger partial charge in [0, 0.05) is 26.2 Å². The minimum atomic E-state index is -3.37. The van der Waals surface area contributed by atoms with E-state index in [0.29, 0.717) is 11.4 Å². The minimum absolute atomic E-state index is 0.124. The largest absolute Gasteiger partial charge is 0.356 e. The maximum Gasteiger partial charge on any atom is 0.240 e. The fourth-order valence-electron chi connectivity index (χ4n) is 2.07. The van der Waals surface area contributed by atoms with E-state index in [-0.39, 0.29) is 6.04 Å². The predicted molar refractivity (Wildman–Crippen MR) is 92.9 cm³/mol. The number of rotatable bonds is 8. The first-order chi connectivity index (χ1) is 11.0. The van der Waals surface area contributed by atoms with Crippen LogP contribution in [0.25, 0.3) is 0 Å². The Bertz CT molecular complexity index is 622. The van der Waals surface area contributed by atoms with E-state index >= 15 is 0 Å². The lowest BCUT2D eigenvalue weighted by Crippen LogP contribution is -2.37. The van der Waals surface area contributed by atoms with Gasteiger partial charge in [-0.25, -0.2) is 13.1 Å². The van der Waals surface area contributed by atoms with Gasteiger partial charge in [0.25, 0.3) is 0 Å². The van der Waals surface area contributed by atoms with Crippen LogP contribution < -0.4 is 15.4 Å². The van der Waals surface area contributed by atoms with Crippen molar-refractivity contribution < 1.29 is 8.42 Å². The molecule has 0 amide bonds. The molecule has 3 N–H and O–H groups in total. The Morgan fingerprint density at radius 1 is 1.22 bits per heavy atom. The molecule has 2 rings (SSSR count). The van der Waals surface area contributed by atoms with Crippen molar-refractivity contribution in [2.75, 3.05) is 13.6 Å². The molecule has 0 aromatic heterocycles. The Kier molecular flexibility index (Phi) is 6.41. The van der Waals surface area contributed by atoms with Crippen LogP contribution in [0.5, 0.6) is 0 Å². The average Bonchev–Trinajstić information content (AvgIpc) is 3.34. The van der Waals surface area contributed by atoms with Gasteiger partial charge >= 0.3 is 0 Å². The summed E-state index contributed by atoms with van der Waals surface area (Å²) in [5.41, 5.74) is 1.01. The molecule has 0 unspecified atom stereocenters. The van der Waals surface area contributed by atoms with Crippen molar-refractivity contribution in [1.82, 2.24) is 15.4 Å². The molecule has 1 aliphatic rings. The lowest BCUT2D eigenvalue weighted by Gasteiger charge is -2.12. The molecule has 0 bridgehead atoms. The highest BCUT2D eigenvalue weighted by atomic mass is 32.2. The third-order valence-electron chi connectivity index (χ3n) is 3.64. The van der Waals surface area contributed by atoms with E-state index in [1.807, 2.05) is 12.1 Å². The van der Waals surface area contributed by atoms with Gasteiger partial charge < -0.3 is 10.6 Å². The molecule has 23 heavy (non-hydrogen) atoms. The Morgan fingerprint density at radius 3 is 2.48 bits per heavy atom. The first kappa shape index (κ1) is 17.7. The van der Waals surface area contributed by atoms with Crippen LogP contribution in [0.3, 0.4) is 0 Å². The Balaban J connectivity index is 1.86. The van der Waals surface area contributed by atoms with Crippen molar-refractivity contribution in [3.05, 3.63) is 29.8 Å². The second-order valence-corrected chi connectivity index (χ2v) is 7.46. The molecule has 1 aromatic rings. The third-order valence-corrected chi connectivity index (χ3v) is 5.18. The van der Waals surface area contributed by atoms with Gasteiger partial charge in [0.1, 0.15) is 0 Å². The van der Waals surface area contributed by atoms with Crippen molar-refractivity contribution >= 4 is 16.0 Å². The maximum atomic E-state index is 12.1. The van der Waals surface area contributed by atoms with E-state index in [9.17, 15) is 8.42 Å². The van der Waals surface area contributed by atoms with Crippen molar-refractivity contribution in [2.24, 2.45) is 4.99 Å². The predicted octanol–water partition coefficient (Wildman–Crippen LogP) is 1.59. The highest BCUT2D eigenvalue weighted by Crippen LogP contribution is 2.22. The zero-order valence-electron chi connectivity index (χ0n) is 13.8. The molecule has 0 atom stereocenters. The first-order valence-electron chi connectivity index (χ1n) is 8.11. The summed E-state index contributed by atoms with van der Waals surface area (Å²) in [5, 5.41) is 6.46. The number of benzene rings is 1. The Labute approximate surface area is 138 Å². The highest BCUT2D eigenvalue weighted by Gasteiger charge is 2.27. The number of unbranched alkanes of at least 4 members (excludes halogenated alkanes) is 1. The van der Waals surface area contributed by atoms with E-state index in [1.165, 1.54) is 0 Å². The number of nitrogens with zero attached hydrogens (tertiary/aromatic N) is 1. The number of hydrogen-bond donors (Lipinski definition) is 3. The molecule has 0 saturated heterocycles. The van der Waals surface area contributed by atoms with Gasteiger partial charge in [-0.15, -0.1) is 0 Å². The monoisotopic (exact) mass is 338 g/mol. The summed E-state index contributed by atoms with van der Waals surface area (Å²) in [6, 6.07) is 7.07. The molecule has 1 aromatic carbocycles. The third kappa shape index (κ3) is 5.84.